The summed E-state index contributed by atoms with van der Waals surface area (Å²) in [4.78, 5) is 12.8. The van der Waals surface area contributed by atoms with Crippen LogP contribution in [-0.4, -0.2) is 5.78 Å². The van der Waals surface area contributed by atoms with E-state index < -0.39 is 17.5 Å². The number of halogens is 3. The summed E-state index contributed by atoms with van der Waals surface area (Å²) in [5.74, 6) is -2.34. The molecule has 0 N–H and O–H groups in total. The lowest BCUT2D eigenvalue weighted by Crippen LogP contribution is -2.11. The molecule has 1 aromatic carbocycles. The summed E-state index contributed by atoms with van der Waals surface area (Å²) in [5.41, 5.74) is 0.911. The van der Waals surface area contributed by atoms with E-state index in [0.717, 1.165) is 9.35 Å². The van der Waals surface area contributed by atoms with Gasteiger partial charge in [-0.05, 0) is 40.5 Å². The third-order valence-corrected chi connectivity index (χ3v) is 5.23. The number of nitrogens with zero attached hydrogens (tertiary/aromatic N) is 1. The van der Waals surface area contributed by atoms with Crippen molar-refractivity contribution in [2.75, 3.05) is 0 Å². The highest BCUT2D eigenvalue weighted by molar-refractivity contribution is 9.11. The first-order valence-electron chi connectivity index (χ1n) is 5.59. The van der Waals surface area contributed by atoms with Crippen LogP contribution in [0.3, 0.4) is 0 Å². The van der Waals surface area contributed by atoms with Crippen molar-refractivity contribution in [1.29, 1.82) is 5.26 Å². The summed E-state index contributed by atoms with van der Waals surface area (Å²) in [6, 6.07) is 7.85. The molecule has 0 amide bonds. The van der Waals surface area contributed by atoms with Gasteiger partial charge in [0.1, 0.15) is 11.7 Å². The van der Waals surface area contributed by atoms with E-state index in [9.17, 15) is 14.4 Å². The summed E-state index contributed by atoms with van der Waals surface area (Å²) >= 11 is 10.3. The largest absolute Gasteiger partial charge is 0.291 e. The Kier molecular flexibility index (Phi) is 4.59. The molecule has 1 atom stereocenters. The second-order valence-corrected chi connectivity index (χ2v) is 6.91. The number of Topliss-reactive ketones (excluding diaryl/α,β-unsaturated/α-hetero) is 1. The number of thiophene rings is 1. The molecule has 0 saturated carbocycles. The Morgan fingerprint density at radius 2 is 2.25 bits per heavy atom. The molecule has 0 aliphatic rings. The van der Waals surface area contributed by atoms with Crippen molar-refractivity contribution in [1.82, 2.24) is 0 Å². The summed E-state index contributed by atoms with van der Waals surface area (Å²) in [6.45, 7) is 1.85. The Bertz CT molecular complexity index is 703. The van der Waals surface area contributed by atoms with Gasteiger partial charge in [-0.3, -0.25) is 4.79 Å². The van der Waals surface area contributed by atoms with Crippen molar-refractivity contribution in [3.8, 4) is 6.07 Å². The number of hydrogen-bond acceptors (Lipinski definition) is 3. The predicted octanol–water partition coefficient (Wildman–Crippen LogP) is 5.10. The number of benzene rings is 1. The number of rotatable bonds is 3. The summed E-state index contributed by atoms with van der Waals surface area (Å²) < 4.78 is 14.8. The smallest absolute Gasteiger partial charge is 0.194 e. The maximum absolute atomic E-state index is 14.0. The van der Waals surface area contributed by atoms with Gasteiger partial charge in [-0.2, -0.15) is 5.26 Å². The molecule has 0 radical (unpaired) electrons. The van der Waals surface area contributed by atoms with E-state index in [1.807, 2.05) is 13.0 Å². The molecule has 0 spiro atoms. The Morgan fingerprint density at radius 1 is 1.55 bits per heavy atom. The minimum Gasteiger partial charge on any atom is -0.291 e. The van der Waals surface area contributed by atoms with E-state index in [1.54, 1.807) is 6.07 Å². The highest BCUT2D eigenvalue weighted by Gasteiger charge is 2.27. The SMILES string of the molecule is Cc1cc(C(=O)C(C#N)c2cccc(Cl)c2F)sc1Br. The van der Waals surface area contributed by atoms with Gasteiger partial charge in [0, 0.05) is 5.56 Å². The van der Waals surface area contributed by atoms with Gasteiger partial charge in [0.05, 0.1) is 19.8 Å². The average Bonchev–Trinajstić information content (AvgIpc) is 2.75. The summed E-state index contributed by atoms with van der Waals surface area (Å²) in [5, 5.41) is 9.12. The molecule has 1 unspecified atom stereocenters. The van der Waals surface area contributed by atoms with E-state index >= 15 is 0 Å². The van der Waals surface area contributed by atoms with E-state index in [0.29, 0.717) is 4.88 Å². The molecule has 6 heteroatoms. The molecular formula is C14H8BrClFNOS. The molecule has 0 saturated heterocycles. The van der Waals surface area contributed by atoms with E-state index in [4.69, 9.17) is 11.6 Å². The van der Waals surface area contributed by atoms with Crippen LogP contribution < -0.4 is 0 Å². The van der Waals surface area contributed by atoms with Gasteiger partial charge in [0.15, 0.2) is 5.78 Å². The molecule has 2 nitrogen and oxygen atoms in total. The zero-order chi connectivity index (χ0) is 14.9. The van der Waals surface area contributed by atoms with Gasteiger partial charge >= 0.3 is 0 Å². The lowest BCUT2D eigenvalue weighted by molar-refractivity contribution is 0.0981. The Labute approximate surface area is 132 Å². The predicted molar refractivity (Wildman–Crippen MR) is 80.9 cm³/mol. The summed E-state index contributed by atoms with van der Waals surface area (Å²) in [7, 11) is 0. The first-order chi connectivity index (χ1) is 9.45. The van der Waals surface area contributed by atoms with Crippen molar-refractivity contribution < 1.29 is 9.18 Å². The first kappa shape index (κ1) is 15.2. The van der Waals surface area contributed by atoms with Crippen LogP contribution in [0.15, 0.2) is 28.1 Å². The van der Waals surface area contributed by atoms with Crippen LogP contribution in [0, 0.1) is 24.1 Å². The monoisotopic (exact) mass is 371 g/mol. The maximum Gasteiger partial charge on any atom is 0.194 e. The fourth-order valence-corrected chi connectivity index (χ4v) is 3.42. The van der Waals surface area contributed by atoms with Crippen LogP contribution in [-0.2, 0) is 0 Å². The Hall–Kier alpha value is -1.22. The van der Waals surface area contributed by atoms with Crippen molar-refractivity contribution in [3.63, 3.8) is 0 Å². The number of hydrogen-bond donors (Lipinski definition) is 0. The van der Waals surface area contributed by atoms with E-state index in [-0.39, 0.29) is 10.6 Å². The quantitative estimate of drug-likeness (QED) is 0.703. The third-order valence-electron chi connectivity index (χ3n) is 2.78. The molecule has 0 bridgehead atoms. The van der Waals surface area contributed by atoms with Crippen molar-refractivity contribution in [3.05, 3.63) is 54.9 Å². The molecule has 0 fully saturated rings. The van der Waals surface area contributed by atoms with Gasteiger partial charge in [-0.15, -0.1) is 11.3 Å². The van der Waals surface area contributed by atoms with Gasteiger partial charge in [-0.1, -0.05) is 23.7 Å². The number of carbonyl (C=O) groups excluding carboxylic acids is 1. The average molecular weight is 373 g/mol. The van der Waals surface area contributed by atoms with Gasteiger partial charge in [0.2, 0.25) is 0 Å². The maximum atomic E-state index is 14.0. The zero-order valence-corrected chi connectivity index (χ0v) is 13.4. The molecule has 0 aliphatic carbocycles. The third kappa shape index (κ3) is 2.78. The van der Waals surface area contributed by atoms with Crippen LogP contribution in [0.1, 0.15) is 26.7 Å². The normalized spacial score (nSPS) is 11.9. The molecule has 0 aliphatic heterocycles. The molecule has 1 heterocycles. The molecule has 20 heavy (non-hydrogen) atoms. The second-order valence-electron chi connectivity index (χ2n) is 4.14. The van der Waals surface area contributed by atoms with E-state index in [2.05, 4.69) is 15.9 Å². The molecule has 2 aromatic rings. The second kappa shape index (κ2) is 6.04. The van der Waals surface area contributed by atoms with Crippen LogP contribution in [0.4, 0.5) is 4.39 Å². The lowest BCUT2D eigenvalue weighted by Gasteiger charge is -2.09. The number of aryl methyl sites for hydroxylation is 1. The summed E-state index contributed by atoms with van der Waals surface area (Å²) in [6.07, 6.45) is 0. The minimum absolute atomic E-state index is 0.00664. The first-order valence-corrected chi connectivity index (χ1v) is 7.58. The van der Waals surface area contributed by atoms with Crippen molar-refractivity contribution in [2.24, 2.45) is 0 Å². The number of nitriles is 1. The zero-order valence-electron chi connectivity index (χ0n) is 10.3. The van der Waals surface area contributed by atoms with Gasteiger partial charge in [-0.25, -0.2) is 4.39 Å². The Balaban J connectivity index is 2.45. The molecule has 102 valence electrons. The fourth-order valence-electron chi connectivity index (χ4n) is 1.74. The van der Waals surface area contributed by atoms with E-state index in [1.165, 1.54) is 29.5 Å². The topological polar surface area (TPSA) is 40.9 Å². The highest BCUT2D eigenvalue weighted by Crippen LogP contribution is 2.33. The van der Waals surface area contributed by atoms with Crippen LogP contribution in [0.5, 0.6) is 0 Å². The molecule has 2 rings (SSSR count). The van der Waals surface area contributed by atoms with Gasteiger partial charge < -0.3 is 0 Å². The van der Waals surface area contributed by atoms with Crippen LogP contribution in [0.25, 0.3) is 0 Å². The van der Waals surface area contributed by atoms with Crippen molar-refractivity contribution in [2.45, 2.75) is 12.8 Å². The van der Waals surface area contributed by atoms with Crippen LogP contribution in [0.2, 0.25) is 5.02 Å². The lowest BCUT2D eigenvalue weighted by atomic mass is 9.94. The highest BCUT2D eigenvalue weighted by atomic mass is 79.9. The van der Waals surface area contributed by atoms with Crippen LogP contribution >= 0.6 is 38.9 Å². The minimum atomic E-state index is -1.20. The Morgan fingerprint density at radius 3 is 2.80 bits per heavy atom. The molecular weight excluding hydrogens is 365 g/mol. The van der Waals surface area contributed by atoms with Gasteiger partial charge in [0.25, 0.3) is 0 Å². The van der Waals surface area contributed by atoms with Crippen molar-refractivity contribution >= 4 is 44.7 Å². The molecule has 1 aromatic heterocycles. The number of ketones is 1. The fraction of sp³-hybridized carbons (Fsp3) is 0.143. The number of carbonyl (C=O) groups is 1. The standard InChI is InChI=1S/C14H8BrClFNOS/c1-7-5-11(20-14(7)15)13(19)9(6-18)8-3-2-4-10(16)12(8)17/h2-5,9H,1H3.